The van der Waals surface area contributed by atoms with Gasteiger partial charge in [-0.2, -0.15) is 0 Å². The fourth-order valence-electron chi connectivity index (χ4n) is 4.36. The monoisotopic (exact) mass is 314 g/mol. The molecule has 3 heteroatoms. The van der Waals surface area contributed by atoms with E-state index < -0.39 is 0 Å². The van der Waals surface area contributed by atoms with Gasteiger partial charge in [0.25, 0.3) is 0 Å². The van der Waals surface area contributed by atoms with Gasteiger partial charge in [0, 0.05) is 43.0 Å². The normalized spacial score (nSPS) is 27.8. The van der Waals surface area contributed by atoms with Crippen LogP contribution in [0.15, 0.2) is 35.2 Å². The summed E-state index contributed by atoms with van der Waals surface area (Å²) in [7, 11) is 0. The highest BCUT2D eigenvalue weighted by atomic mass is 32.2. The molecule has 4 rings (SSSR count). The van der Waals surface area contributed by atoms with Crippen molar-refractivity contribution in [3.8, 4) is 0 Å². The molecule has 1 aromatic carbocycles. The van der Waals surface area contributed by atoms with Crippen molar-refractivity contribution in [3.63, 3.8) is 0 Å². The van der Waals surface area contributed by atoms with Gasteiger partial charge in [-0.3, -0.25) is 4.90 Å². The van der Waals surface area contributed by atoms with Crippen LogP contribution < -0.4 is 4.90 Å². The smallest absolute Gasteiger partial charge is 0.0543 e. The number of rotatable bonds is 3. The molecule has 118 valence electrons. The van der Waals surface area contributed by atoms with Gasteiger partial charge >= 0.3 is 0 Å². The second-order valence-corrected chi connectivity index (χ2v) is 7.83. The Morgan fingerprint density at radius 1 is 1.27 bits per heavy atom. The SMILES string of the molecule is CC/C=C\CN1CC[C@@H]2[C@H](C1)c1cccc3c1N2CCCS3. The first kappa shape index (κ1) is 14.6. The number of anilines is 1. The third-order valence-corrected chi connectivity index (χ3v) is 6.48. The van der Waals surface area contributed by atoms with E-state index in [9.17, 15) is 0 Å². The maximum absolute atomic E-state index is 2.76. The van der Waals surface area contributed by atoms with Gasteiger partial charge in [-0.05, 0) is 36.6 Å². The van der Waals surface area contributed by atoms with Crippen LogP contribution >= 0.6 is 11.8 Å². The minimum atomic E-state index is 0.720. The molecule has 0 saturated carbocycles. The molecule has 0 radical (unpaired) electrons. The van der Waals surface area contributed by atoms with Crippen LogP contribution in [-0.2, 0) is 0 Å². The molecule has 0 amide bonds. The van der Waals surface area contributed by atoms with Gasteiger partial charge in [0.2, 0.25) is 0 Å². The second kappa shape index (κ2) is 6.29. The average Bonchev–Trinajstić information content (AvgIpc) is 2.71. The quantitative estimate of drug-likeness (QED) is 0.775. The van der Waals surface area contributed by atoms with Gasteiger partial charge in [-0.1, -0.05) is 31.2 Å². The van der Waals surface area contributed by atoms with Crippen LogP contribution in [0.5, 0.6) is 0 Å². The van der Waals surface area contributed by atoms with Crippen molar-refractivity contribution in [2.24, 2.45) is 0 Å². The number of thioether (sulfide) groups is 1. The van der Waals surface area contributed by atoms with Gasteiger partial charge in [-0.15, -0.1) is 11.8 Å². The number of piperidine rings is 1. The van der Waals surface area contributed by atoms with Gasteiger partial charge in [0.05, 0.1) is 5.69 Å². The number of para-hydroxylation sites is 1. The average molecular weight is 314 g/mol. The zero-order valence-electron chi connectivity index (χ0n) is 13.5. The lowest BCUT2D eigenvalue weighted by Crippen LogP contribution is -2.46. The van der Waals surface area contributed by atoms with E-state index in [4.69, 9.17) is 0 Å². The molecule has 1 saturated heterocycles. The Hall–Kier alpha value is -0.930. The fraction of sp³-hybridized carbons (Fsp3) is 0.579. The van der Waals surface area contributed by atoms with Crippen LogP contribution in [0.25, 0.3) is 0 Å². The predicted molar refractivity (Wildman–Crippen MR) is 96.1 cm³/mol. The first-order valence-electron chi connectivity index (χ1n) is 8.78. The minimum Gasteiger partial charge on any atom is -0.367 e. The molecule has 3 aliphatic rings. The third-order valence-electron chi connectivity index (χ3n) is 5.34. The fourth-order valence-corrected chi connectivity index (χ4v) is 5.40. The van der Waals surface area contributed by atoms with Gasteiger partial charge < -0.3 is 4.90 Å². The van der Waals surface area contributed by atoms with Crippen LogP contribution in [0, 0.1) is 0 Å². The van der Waals surface area contributed by atoms with Crippen molar-refractivity contribution >= 4 is 17.4 Å². The van der Waals surface area contributed by atoms with Crippen molar-refractivity contribution in [3.05, 3.63) is 35.9 Å². The Balaban J connectivity index is 1.60. The van der Waals surface area contributed by atoms with Gasteiger partial charge in [0.15, 0.2) is 0 Å². The third kappa shape index (κ3) is 2.48. The maximum Gasteiger partial charge on any atom is 0.0543 e. The molecule has 0 aromatic heterocycles. The topological polar surface area (TPSA) is 6.48 Å². The van der Waals surface area contributed by atoms with Crippen molar-refractivity contribution < 1.29 is 0 Å². The summed E-state index contributed by atoms with van der Waals surface area (Å²) in [6, 6.07) is 7.76. The van der Waals surface area contributed by atoms with Gasteiger partial charge in [-0.25, -0.2) is 0 Å². The van der Waals surface area contributed by atoms with Crippen molar-refractivity contribution in [2.75, 3.05) is 36.8 Å². The lowest BCUT2D eigenvalue weighted by molar-refractivity contribution is 0.211. The van der Waals surface area contributed by atoms with E-state index in [2.05, 4.69) is 58.8 Å². The van der Waals surface area contributed by atoms with E-state index >= 15 is 0 Å². The highest BCUT2D eigenvalue weighted by molar-refractivity contribution is 7.99. The second-order valence-electron chi connectivity index (χ2n) is 6.69. The van der Waals surface area contributed by atoms with E-state index in [0.29, 0.717) is 0 Å². The van der Waals surface area contributed by atoms with Crippen molar-refractivity contribution in [1.29, 1.82) is 0 Å². The summed E-state index contributed by atoms with van der Waals surface area (Å²) in [6.45, 7) is 7.08. The molecular formula is C19H26N2S. The lowest BCUT2D eigenvalue weighted by Gasteiger charge is -2.38. The molecule has 2 atom stereocenters. The summed E-state index contributed by atoms with van der Waals surface area (Å²) in [5.74, 6) is 2.00. The van der Waals surface area contributed by atoms with E-state index in [1.54, 1.807) is 11.3 Å². The Kier molecular flexibility index (Phi) is 4.19. The summed E-state index contributed by atoms with van der Waals surface area (Å²) in [5, 5.41) is 0. The van der Waals surface area contributed by atoms with Crippen LogP contribution in [0.3, 0.4) is 0 Å². The van der Waals surface area contributed by atoms with Gasteiger partial charge in [0.1, 0.15) is 0 Å². The molecule has 3 heterocycles. The lowest BCUT2D eigenvalue weighted by atomic mass is 9.89. The minimum absolute atomic E-state index is 0.720. The van der Waals surface area contributed by atoms with E-state index in [-0.39, 0.29) is 0 Å². The molecule has 22 heavy (non-hydrogen) atoms. The Morgan fingerprint density at radius 2 is 2.23 bits per heavy atom. The molecule has 0 bridgehead atoms. The Labute approximate surface area is 138 Å². The van der Waals surface area contributed by atoms with Crippen molar-refractivity contribution in [1.82, 2.24) is 4.90 Å². The van der Waals surface area contributed by atoms with Crippen LogP contribution in [0.4, 0.5) is 5.69 Å². The highest BCUT2D eigenvalue weighted by Gasteiger charge is 2.42. The Morgan fingerprint density at radius 3 is 3.14 bits per heavy atom. The molecule has 0 unspecified atom stereocenters. The molecule has 0 spiro atoms. The molecule has 1 aromatic rings. The number of nitrogens with zero attached hydrogens (tertiary/aromatic N) is 2. The summed E-state index contributed by atoms with van der Waals surface area (Å²) >= 11 is 2.06. The zero-order valence-corrected chi connectivity index (χ0v) is 14.3. The summed E-state index contributed by atoms with van der Waals surface area (Å²) in [6.07, 6.45) is 8.45. The van der Waals surface area contributed by atoms with E-state index in [1.165, 1.54) is 43.1 Å². The molecule has 2 nitrogen and oxygen atoms in total. The standard InChI is InChI=1S/C19H26N2S/c1-2-3-4-10-20-12-9-17-16(14-20)15-7-5-8-18-19(15)21(17)11-6-13-22-18/h3-5,7-8,16-17H,2,6,9-14H2,1H3/b4-3-/t16-,17-/m1/s1. The molecule has 1 fully saturated rings. The number of likely N-dealkylation sites (tertiary alicyclic amines) is 1. The Bertz CT molecular complexity index is 569. The van der Waals surface area contributed by atoms with Crippen LogP contribution in [-0.4, -0.2) is 42.9 Å². The molecule has 0 aliphatic carbocycles. The van der Waals surface area contributed by atoms with Crippen LogP contribution in [0.1, 0.15) is 37.7 Å². The zero-order chi connectivity index (χ0) is 14.9. The first-order chi connectivity index (χ1) is 10.9. The maximum atomic E-state index is 2.76. The number of fused-ring (bicyclic) bond motifs is 3. The number of hydrogen-bond donors (Lipinski definition) is 0. The summed E-state index contributed by atoms with van der Waals surface area (Å²) in [5.41, 5.74) is 3.21. The van der Waals surface area contributed by atoms with E-state index in [1.807, 2.05) is 0 Å². The highest BCUT2D eigenvalue weighted by Crippen LogP contribution is 2.50. The number of hydrogen-bond acceptors (Lipinski definition) is 3. The molecule has 0 N–H and O–H groups in total. The summed E-state index contributed by atoms with van der Waals surface area (Å²) < 4.78 is 0. The van der Waals surface area contributed by atoms with Crippen LogP contribution in [0.2, 0.25) is 0 Å². The summed E-state index contributed by atoms with van der Waals surface area (Å²) in [4.78, 5) is 6.93. The predicted octanol–water partition coefficient (Wildman–Crippen LogP) is 4.13. The number of benzene rings is 1. The molecular weight excluding hydrogens is 288 g/mol. The largest absolute Gasteiger partial charge is 0.367 e. The molecule has 3 aliphatic heterocycles. The number of allylic oxidation sites excluding steroid dienone is 1. The van der Waals surface area contributed by atoms with E-state index in [0.717, 1.165) is 24.9 Å². The van der Waals surface area contributed by atoms with Crippen molar-refractivity contribution in [2.45, 2.75) is 43.0 Å². The first-order valence-corrected chi connectivity index (χ1v) is 9.76.